The molecular formula is C20H25BrN2O2. The summed E-state index contributed by atoms with van der Waals surface area (Å²) in [6.45, 7) is 4.85. The molecule has 0 unspecified atom stereocenters. The second-order valence-corrected chi connectivity index (χ2v) is 7.47. The lowest BCUT2D eigenvalue weighted by molar-refractivity contribution is 0.0904. The van der Waals surface area contributed by atoms with Crippen LogP contribution in [0.1, 0.15) is 53.4 Å². The van der Waals surface area contributed by atoms with Crippen molar-refractivity contribution in [3.63, 3.8) is 0 Å². The molecule has 1 aromatic carbocycles. The number of aryl methyl sites for hydroxylation is 1. The van der Waals surface area contributed by atoms with Crippen LogP contribution in [0.4, 0.5) is 0 Å². The van der Waals surface area contributed by atoms with Crippen LogP contribution in [0.3, 0.4) is 0 Å². The van der Waals surface area contributed by atoms with Crippen molar-refractivity contribution in [2.45, 2.75) is 38.6 Å². The molecule has 0 radical (unpaired) electrons. The van der Waals surface area contributed by atoms with E-state index in [1.165, 1.54) is 36.8 Å². The number of benzene rings is 1. The van der Waals surface area contributed by atoms with Crippen molar-refractivity contribution in [3.05, 3.63) is 58.0 Å². The molecule has 1 aliphatic heterocycles. The lowest BCUT2D eigenvalue weighted by Gasteiger charge is -2.31. The summed E-state index contributed by atoms with van der Waals surface area (Å²) in [5, 5.41) is 3.05. The minimum absolute atomic E-state index is 0.169. The van der Waals surface area contributed by atoms with Crippen molar-refractivity contribution in [1.29, 1.82) is 0 Å². The van der Waals surface area contributed by atoms with E-state index in [0.29, 0.717) is 17.0 Å². The van der Waals surface area contributed by atoms with E-state index in [0.717, 1.165) is 13.1 Å². The third kappa shape index (κ3) is 4.95. The number of hydrogen-bond acceptors (Lipinski definition) is 3. The number of rotatable bonds is 5. The maximum absolute atomic E-state index is 12.4. The minimum atomic E-state index is -0.169. The van der Waals surface area contributed by atoms with Crippen molar-refractivity contribution in [2.24, 2.45) is 0 Å². The van der Waals surface area contributed by atoms with Crippen LogP contribution in [0.15, 0.2) is 45.5 Å². The standard InChI is InChI=1S/C20H25BrN2O2/c1-15-6-8-16(9-7-15)17(23-12-4-2-3-5-13-23)14-22-20(24)18-10-11-19(21)25-18/h6-11,17H,2-5,12-14H2,1H3,(H,22,24)/t17-/m0/s1. The van der Waals surface area contributed by atoms with Gasteiger partial charge in [0.1, 0.15) is 0 Å². The number of likely N-dealkylation sites (tertiary alicyclic amines) is 1. The molecule has 4 nitrogen and oxygen atoms in total. The molecule has 0 saturated carbocycles. The number of carbonyl (C=O) groups is 1. The first-order chi connectivity index (χ1) is 12.1. The third-order valence-corrected chi connectivity index (χ3v) is 5.22. The lowest BCUT2D eigenvalue weighted by Crippen LogP contribution is -2.38. The SMILES string of the molecule is Cc1ccc([C@H](CNC(=O)c2ccc(Br)o2)N2CCCCCC2)cc1. The second-order valence-electron chi connectivity index (χ2n) is 6.69. The molecule has 2 heterocycles. The van der Waals surface area contributed by atoms with Crippen molar-refractivity contribution in [2.75, 3.05) is 19.6 Å². The lowest BCUT2D eigenvalue weighted by atomic mass is 10.0. The Balaban J connectivity index is 1.73. The van der Waals surface area contributed by atoms with Crippen LogP contribution in [0.2, 0.25) is 0 Å². The molecule has 2 aromatic rings. The normalized spacial score (nSPS) is 17.0. The number of halogens is 1. The van der Waals surface area contributed by atoms with E-state index in [9.17, 15) is 4.79 Å². The predicted octanol–water partition coefficient (Wildman–Crippen LogP) is 4.70. The van der Waals surface area contributed by atoms with Crippen LogP contribution < -0.4 is 5.32 Å². The van der Waals surface area contributed by atoms with E-state index in [2.05, 4.69) is 57.3 Å². The quantitative estimate of drug-likeness (QED) is 0.785. The molecule has 1 aromatic heterocycles. The van der Waals surface area contributed by atoms with Crippen LogP contribution in [-0.4, -0.2) is 30.4 Å². The number of nitrogens with one attached hydrogen (secondary N) is 1. The van der Waals surface area contributed by atoms with Gasteiger partial charge in [0, 0.05) is 6.54 Å². The summed E-state index contributed by atoms with van der Waals surface area (Å²) in [5.41, 5.74) is 2.51. The predicted molar refractivity (Wildman–Crippen MR) is 103 cm³/mol. The molecule has 1 saturated heterocycles. The maximum atomic E-state index is 12.4. The summed E-state index contributed by atoms with van der Waals surface area (Å²) in [7, 11) is 0. The molecule has 5 heteroatoms. The zero-order valence-electron chi connectivity index (χ0n) is 14.6. The van der Waals surface area contributed by atoms with Crippen molar-refractivity contribution < 1.29 is 9.21 Å². The Hall–Kier alpha value is -1.59. The van der Waals surface area contributed by atoms with Gasteiger partial charge in [-0.2, -0.15) is 0 Å². The van der Waals surface area contributed by atoms with Gasteiger partial charge in [-0.25, -0.2) is 0 Å². The van der Waals surface area contributed by atoms with Crippen molar-refractivity contribution in [3.8, 4) is 0 Å². The minimum Gasteiger partial charge on any atom is -0.444 e. The Labute approximate surface area is 157 Å². The smallest absolute Gasteiger partial charge is 0.287 e. The van der Waals surface area contributed by atoms with Crippen LogP contribution in [0, 0.1) is 6.92 Å². The first-order valence-electron chi connectivity index (χ1n) is 8.97. The summed E-state index contributed by atoms with van der Waals surface area (Å²) >= 11 is 3.24. The van der Waals surface area contributed by atoms with E-state index in [4.69, 9.17) is 4.42 Å². The van der Waals surface area contributed by atoms with Gasteiger partial charge in [0.2, 0.25) is 0 Å². The number of nitrogens with zero attached hydrogens (tertiary/aromatic N) is 1. The van der Waals surface area contributed by atoms with Crippen LogP contribution in [-0.2, 0) is 0 Å². The fourth-order valence-electron chi connectivity index (χ4n) is 3.37. The Morgan fingerprint density at radius 2 is 1.80 bits per heavy atom. The number of carbonyl (C=O) groups excluding carboxylic acids is 1. The van der Waals surface area contributed by atoms with Gasteiger partial charge in [-0.15, -0.1) is 0 Å². The topological polar surface area (TPSA) is 45.5 Å². The van der Waals surface area contributed by atoms with E-state index < -0.39 is 0 Å². The highest BCUT2D eigenvalue weighted by molar-refractivity contribution is 9.10. The van der Waals surface area contributed by atoms with Gasteiger partial charge in [-0.05, 0) is 66.5 Å². The van der Waals surface area contributed by atoms with Gasteiger partial charge in [-0.1, -0.05) is 42.7 Å². The maximum Gasteiger partial charge on any atom is 0.287 e. The van der Waals surface area contributed by atoms with Crippen LogP contribution >= 0.6 is 15.9 Å². The summed E-state index contributed by atoms with van der Waals surface area (Å²) in [4.78, 5) is 14.9. The number of hydrogen-bond donors (Lipinski definition) is 1. The average molecular weight is 405 g/mol. The highest BCUT2D eigenvalue weighted by Crippen LogP contribution is 2.24. The first-order valence-corrected chi connectivity index (χ1v) is 9.77. The van der Waals surface area contributed by atoms with Gasteiger partial charge in [0.25, 0.3) is 5.91 Å². The van der Waals surface area contributed by atoms with Gasteiger partial charge in [-0.3, -0.25) is 9.69 Å². The summed E-state index contributed by atoms with van der Waals surface area (Å²) < 4.78 is 5.93. The fourth-order valence-corrected chi connectivity index (χ4v) is 3.67. The van der Waals surface area contributed by atoms with Crippen LogP contribution in [0.25, 0.3) is 0 Å². The largest absolute Gasteiger partial charge is 0.444 e. The Morgan fingerprint density at radius 3 is 2.40 bits per heavy atom. The molecule has 0 aliphatic carbocycles. The van der Waals surface area contributed by atoms with Crippen molar-refractivity contribution >= 4 is 21.8 Å². The first kappa shape index (κ1) is 18.2. The van der Waals surface area contributed by atoms with E-state index in [1.54, 1.807) is 12.1 Å². The molecule has 0 bridgehead atoms. The summed E-state index contributed by atoms with van der Waals surface area (Å²) in [6, 6.07) is 12.3. The highest BCUT2D eigenvalue weighted by Gasteiger charge is 2.23. The molecule has 1 N–H and O–H groups in total. The molecular weight excluding hydrogens is 380 g/mol. The van der Waals surface area contributed by atoms with Gasteiger partial charge in [0.15, 0.2) is 10.4 Å². The zero-order chi connectivity index (χ0) is 17.6. The molecule has 1 aliphatic rings. The molecule has 0 spiro atoms. The number of amides is 1. The molecule has 1 amide bonds. The van der Waals surface area contributed by atoms with Crippen LogP contribution in [0.5, 0.6) is 0 Å². The monoisotopic (exact) mass is 404 g/mol. The van der Waals surface area contributed by atoms with E-state index in [-0.39, 0.29) is 11.9 Å². The third-order valence-electron chi connectivity index (χ3n) is 4.80. The average Bonchev–Trinajstić information content (AvgIpc) is 2.88. The van der Waals surface area contributed by atoms with E-state index in [1.807, 2.05) is 0 Å². The zero-order valence-corrected chi connectivity index (χ0v) is 16.2. The highest BCUT2D eigenvalue weighted by atomic mass is 79.9. The molecule has 25 heavy (non-hydrogen) atoms. The molecule has 3 rings (SSSR count). The molecule has 1 fully saturated rings. The van der Waals surface area contributed by atoms with E-state index >= 15 is 0 Å². The van der Waals surface area contributed by atoms with Crippen molar-refractivity contribution in [1.82, 2.24) is 10.2 Å². The summed E-state index contributed by atoms with van der Waals surface area (Å²) in [6.07, 6.45) is 5.04. The van der Waals surface area contributed by atoms with Gasteiger partial charge in [0.05, 0.1) is 6.04 Å². The fraction of sp³-hybridized carbons (Fsp3) is 0.450. The Morgan fingerprint density at radius 1 is 1.12 bits per heavy atom. The Kier molecular flexibility index (Phi) is 6.32. The molecule has 1 atom stereocenters. The summed E-state index contributed by atoms with van der Waals surface area (Å²) in [5.74, 6) is 0.169. The second kappa shape index (κ2) is 8.68. The number of furan rings is 1. The van der Waals surface area contributed by atoms with Gasteiger partial charge >= 0.3 is 0 Å². The van der Waals surface area contributed by atoms with Gasteiger partial charge < -0.3 is 9.73 Å². The Bertz CT molecular complexity index is 688. The molecule has 134 valence electrons.